The highest BCUT2D eigenvalue weighted by Gasteiger charge is 2.09. The molecule has 2 aromatic rings. The molecule has 15 heavy (non-hydrogen) atoms. The number of aromatic nitrogens is 1. The van der Waals surface area contributed by atoms with Crippen LogP contribution in [0.2, 0.25) is 0 Å². The van der Waals surface area contributed by atoms with Gasteiger partial charge < -0.3 is 4.57 Å². The van der Waals surface area contributed by atoms with Gasteiger partial charge in [-0.15, -0.1) is 0 Å². The highest BCUT2D eigenvalue weighted by molar-refractivity contribution is 5.84. The van der Waals surface area contributed by atoms with Crippen LogP contribution in [0.15, 0.2) is 35.5 Å². The topological polar surface area (TPSA) is 34.4 Å². The van der Waals surface area contributed by atoms with Gasteiger partial charge in [0.2, 0.25) is 6.08 Å². The Balaban J connectivity index is 2.65. The quantitative estimate of drug-likeness (QED) is 0.542. The summed E-state index contributed by atoms with van der Waals surface area (Å²) >= 11 is 0. The molecule has 76 valence electrons. The maximum Gasteiger partial charge on any atom is 0.235 e. The van der Waals surface area contributed by atoms with Gasteiger partial charge in [-0.25, -0.2) is 4.79 Å². The fraction of sp³-hybridized carbons (Fsp3) is 0.250. The minimum Gasteiger partial charge on any atom is -0.351 e. The van der Waals surface area contributed by atoms with Crippen LogP contribution in [0.3, 0.4) is 0 Å². The SMILES string of the molecule is CC(N=C=O)c1cccc2c1ccn2C. The van der Waals surface area contributed by atoms with E-state index in [-0.39, 0.29) is 6.04 Å². The number of aryl methyl sites for hydroxylation is 1. The van der Waals surface area contributed by atoms with E-state index in [9.17, 15) is 4.79 Å². The van der Waals surface area contributed by atoms with Crippen molar-refractivity contribution >= 4 is 17.0 Å². The lowest BCUT2D eigenvalue weighted by atomic mass is 10.0. The van der Waals surface area contributed by atoms with Gasteiger partial charge in [0.1, 0.15) is 0 Å². The molecule has 0 amide bonds. The first kappa shape index (κ1) is 9.69. The first-order chi connectivity index (χ1) is 7.24. The third-order valence-corrected chi connectivity index (χ3v) is 2.66. The first-order valence-electron chi connectivity index (χ1n) is 4.85. The Bertz CT molecular complexity index is 536. The van der Waals surface area contributed by atoms with Crippen molar-refractivity contribution in [3.05, 3.63) is 36.0 Å². The zero-order chi connectivity index (χ0) is 10.8. The molecular weight excluding hydrogens is 188 g/mol. The van der Waals surface area contributed by atoms with Crippen LogP contribution in [-0.2, 0) is 11.8 Å². The normalized spacial score (nSPS) is 12.4. The zero-order valence-electron chi connectivity index (χ0n) is 8.77. The van der Waals surface area contributed by atoms with Gasteiger partial charge in [-0.1, -0.05) is 12.1 Å². The van der Waals surface area contributed by atoms with Crippen molar-refractivity contribution < 1.29 is 4.79 Å². The van der Waals surface area contributed by atoms with Crippen LogP contribution in [0.5, 0.6) is 0 Å². The lowest BCUT2D eigenvalue weighted by Crippen LogP contribution is -1.91. The second-order valence-electron chi connectivity index (χ2n) is 3.60. The van der Waals surface area contributed by atoms with Gasteiger partial charge in [0.05, 0.1) is 6.04 Å². The summed E-state index contributed by atoms with van der Waals surface area (Å²) in [6.45, 7) is 1.90. The Kier molecular flexibility index (Phi) is 2.40. The summed E-state index contributed by atoms with van der Waals surface area (Å²) in [6, 6.07) is 7.94. The molecule has 0 bridgehead atoms. The Morgan fingerprint density at radius 2 is 2.20 bits per heavy atom. The van der Waals surface area contributed by atoms with Gasteiger partial charge in [-0.05, 0) is 24.6 Å². The Morgan fingerprint density at radius 1 is 1.40 bits per heavy atom. The van der Waals surface area contributed by atoms with Crippen LogP contribution in [0.1, 0.15) is 18.5 Å². The van der Waals surface area contributed by atoms with E-state index < -0.39 is 0 Å². The van der Waals surface area contributed by atoms with Crippen molar-refractivity contribution in [2.75, 3.05) is 0 Å². The van der Waals surface area contributed by atoms with E-state index in [1.807, 2.05) is 38.4 Å². The first-order valence-corrected chi connectivity index (χ1v) is 4.85. The number of hydrogen-bond donors (Lipinski definition) is 0. The molecule has 0 saturated heterocycles. The van der Waals surface area contributed by atoms with E-state index in [2.05, 4.69) is 15.6 Å². The van der Waals surface area contributed by atoms with Crippen LogP contribution in [0, 0.1) is 0 Å². The number of rotatable bonds is 2. The molecule has 1 atom stereocenters. The molecule has 3 heteroatoms. The molecule has 2 rings (SSSR count). The number of isocyanates is 1. The highest BCUT2D eigenvalue weighted by Crippen LogP contribution is 2.26. The lowest BCUT2D eigenvalue weighted by molar-refractivity contribution is 0.559. The molecular formula is C12H12N2O. The second-order valence-corrected chi connectivity index (χ2v) is 3.60. The molecule has 1 aromatic carbocycles. The molecule has 1 aromatic heterocycles. The van der Waals surface area contributed by atoms with Gasteiger partial charge >= 0.3 is 0 Å². The van der Waals surface area contributed by atoms with Gasteiger partial charge in [0.15, 0.2) is 0 Å². The molecule has 0 saturated carbocycles. The number of fused-ring (bicyclic) bond motifs is 1. The third kappa shape index (κ3) is 1.58. The van der Waals surface area contributed by atoms with Crippen molar-refractivity contribution in [1.29, 1.82) is 0 Å². The molecule has 1 unspecified atom stereocenters. The number of benzene rings is 1. The monoisotopic (exact) mass is 200 g/mol. The molecule has 0 fully saturated rings. The van der Waals surface area contributed by atoms with Crippen molar-refractivity contribution in [2.45, 2.75) is 13.0 Å². The summed E-state index contributed by atoms with van der Waals surface area (Å²) < 4.78 is 2.05. The molecule has 3 nitrogen and oxygen atoms in total. The van der Waals surface area contributed by atoms with Crippen LogP contribution >= 0.6 is 0 Å². The number of hydrogen-bond acceptors (Lipinski definition) is 2. The molecule has 0 aliphatic rings. The molecule has 0 radical (unpaired) electrons. The fourth-order valence-corrected chi connectivity index (χ4v) is 1.84. The Labute approximate surface area is 88.0 Å². The van der Waals surface area contributed by atoms with Crippen molar-refractivity contribution in [1.82, 2.24) is 4.57 Å². The van der Waals surface area contributed by atoms with Crippen LogP contribution in [-0.4, -0.2) is 10.6 Å². The summed E-state index contributed by atoms with van der Waals surface area (Å²) in [5, 5.41) is 1.14. The standard InChI is InChI=1S/C12H12N2O/c1-9(13-8-15)10-4-3-5-12-11(10)6-7-14(12)2/h3-7,9H,1-2H3. The van der Waals surface area contributed by atoms with E-state index in [4.69, 9.17) is 0 Å². The molecule has 0 spiro atoms. The van der Waals surface area contributed by atoms with Crippen molar-refractivity contribution in [3.8, 4) is 0 Å². The van der Waals surface area contributed by atoms with Crippen molar-refractivity contribution in [3.63, 3.8) is 0 Å². The zero-order valence-corrected chi connectivity index (χ0v) is 8.77. The predicted octanol–water partition coefficient (Wildman–Crippen LogP) is 2.58. The second kappa shape index (κ2) is 3.71. The number of aliphatic imine (C=N–C) groups is 1. The predicted molar refractivity (Wildman–Crippen MR) is 59.5 cm³/mol. The fourth-order valence-electron chi connectivity index (χ4n) is 1.84. The van der Waals surface area contributed by atoms with E-state index >= 15 is 0 Å². The van der Waals surface area contributed by atoms with Gasteiger partial charge in [-0.2, -0.15) is 4.99 Å². The average Bonchev–Trinajstić information content (AvgIpc) is 2.61. The van der Waals surface area contributed by atoms with Crippen molar-refractivity contribution in [2.24, 2.45) is 12.0 Å². The number of nitrogens with zero attached hydrogens (tertiary/aromatic N) is 2. The molecule has 0 aliphatic carbocycles. The van der Waals surface area contributed by atoms with E-state index in [0.29, 0.717) is 0 Å². The highest BCUT2D eigenvalue weighted by atomic mass is 16.1. The van der Waals surface area contributed by atoms with Crippen LogP contribution in [0.4, 0.5) is 0 Å². The van der Waals surface area contributed by atoms with E-state index in [1.54, 1.807) is 6.08 Å². The minimum atomic E-state index is -0.131. The summed E-state index contributed by atoms with van der Waals surface area (Å²) in [5.74, 6) is 0. The average molecular weight is 200 g/mol. The molecule has 0 N–H and O–H groups in total. The lowest BCUT2D eigenvalue weighted by Gasteiger charge is -2.06. The summed E-state index contributed by atoms with van der Waals surface area (Å²) in [6.07, 6.45) is 3.61. The summed E-state index contributed by atoms with van der Waals surface area (Å²) in [7, 11) is 2.00. The minimum absolute atomic E-state index is 0.131. The molecule has 0 aliphatic heterocycles. The number of carbonyl (C=O) groups excluding carboxylic acids is 1. The maximum absolute atomic E-state index is 10.2. The molecule has 1 heterocycles. The van der Waals surface area contributed by atoms with Gasteiger partial charge in [-0.3, -0.25) is 0 Å². The Morgan fingerprint density at radius 3 is 2.93 bits per heavy atom. The van der Waals surface area contributed by atoms with Crippen LogP contribution in [0.25, 0.3) is 10.9 Å². The summed E-state index contributed by atoms with van der Waals surface area (Å²) in [5.41, 5.74) is 2.22. The van der Waals surface area contributed by atoms with Gasteiger partial charge in [0.25, 0.3) is 0 Å². The van der Waals surface area contributed by atoms with E-state index in [0.717, 1.165) is 16.5 Å². The van der Waals surface area contributed by atoms with Gasteiger partial charge in [0, 0.05) is 24.1 Å². The largest absolute Gasteiger partial charge is 0.351 e. The van der Waals surface area contributed by atoms with E-state index in [1.165, 1.54) is 0 Å². The maximum atomic E-state index is 10.2. The third-order valence-electron chi connectivity index (χ3n) is 2.66. The Hall–Kier alpha value is -1.86. The summed E-state index contributed by atoms with van der Waals surface area (Å²) in [4.78, 5) is 14.0. The van der Waals surface area contributed by atoms with Crippen LogP contribution < -0.4 is 0 Å². The smallest absolute Gasteiger partial charge is 0.235 e.